The number of aliphatic hydroxyl groups excluding tert-OH is 1. The van der Waals surface area contributed by atoms with Crippen molar-refractivity contribution < 1.29 is 9.90 Å². The van der Waals surface area contributed by atoms with Gasteiger partial charge in [-0.15, -0.1) is 0 Å². The van der Waals surface area contributed by atoms with E-state index in [1.165, 1.54) is 6.92 Å². The van der Waals surface area contributed by atoms with E-state index in [2.05, 4.69) is 5.32 Å². The van der Waals surface area contributed by atoms with Gasteiger partial charge in [-0.25, -0.2) is 0 Å². The zero-order valence-corrected chi connectivity index (χ0v) is 9.49. The molecule has 0 spiro atoms. The summed E-state index contributed by atoms with van der Waals surface area (Å²) in [5.74, 6) is -0.0238. The van der Waals surface area contributed by atoms with Crippen molar-refractivity contribution >= 4 is 17.2 Å². The van der Waals surface area contributed by atoms with Gasteiger partial charge in [-0.05, 0) is 38.0 Å². The van der Waals surface area contributed by atoms with E-state index in [1.54, 1.807) is 12.1 Å². The minimum atomic E-state index is -0.0238. The molecular formula is C12H18N2O2. The molecule has 4 nitrogen and oxygen atoms in total. The molecule has 0 aliphatic carbocycles. The Hall–Kier alpha value is -1.55. The minimum Gasteiger partial charge on any atom is -0.398 e. The van der Waals surface area contributed by atoms with Gasteiger partial charge < -0.3 is 16.2 Å². The van der Waals surface area contributed by atoms with E-state index in [0.29, 0.717) is 11.3 Å². The molecule has 0 saturated heterocycles. The van der Waals surface area contributed by atoms with Crippen LogP contribution < -0.4 is 11.1 Å². The fraction of sp³-hybridized carbons (Fsp3) is 0.417. The summed E-state index contributed by atoms with van der Waals surface area (Å²) < 4.78 is 0. The Morgan fingerprint density at radius 3 is 2.75 bits per heavy atom. The van der Waals surface area contributed by atoms with Gasteiger partial charge in [0.2, 0.25) is 0 Å². The number of rotatable bonds is 6. The Morgan fingerprint density at radius 2 is 2.19 bits per heavy atom. The highest BCUT2D eigenvalue weighted by molar-refractivity contribution is 5.99. The second-order valence-corrected chi connectivity index (χ2v) is 3.72. The topological polar surface area (TPSA) is 75.3 Å². The number of nitrogens with one attached hydrogen (secondary N) is 1. The first-order valence-corrected chi connectivity index (χ1v) is 5.40. The molecular weight excluding hydrogens is 204 g/mol. The predicted octanol–water partition coefficient (Wildman–Crippen LogP) is 1.66. The Balaban J connectivity index is 2.56. The molecule has 0 aliphatic rings. The number of hydrogen-bond acceptors (Lipinski definition) is 4. The summed E-state index contributed by atoms with van der Waals surface area (Å²) in [4.78, 5) is 11.1. The Morgan fingerprint density at radius 1 is 1.44 bits per heavy atom. The fourth-order valence-corrected chi connectivity index (χ4v) is 1.46. The number of Topliss-reactive ketones (excluding diaryl/α,β-unsaturated/α-hetero) is 1. The molecule has 16 heavy (non-hydrogen) atoms. The maximum absolute atomic E-state index is 11.1. The van der Waals surface area contributed by atoms with Gasteiger partial charge in [0, 0.05) is 30.1 Å². The maximum Gasteiger partial charge on any atom is 0.161 e. The van der Waals surface area contributed by atoms with E-state index in [-0.39, 0.29) is 12.4 Å². The van der Waals surface area contributed by atoms with Gasteiger partial charge in [0.1, 0.15) is 0 Å². The SMILES string of the molecule is CC(=O)c1ccc(NCCCCO)cc1N. The summed E-state index contributed by atoms with van der Waals surface area (Å²) in [5, 5.41) is 11.8. The van der Waals surface area contributed by atoms with Gasteiger partial charge in [0.25, 0.3) is 0 Å². The monoisotopic (exact) mass is 222 g/mol. The van der Waals surface area contributed by atoms with Crippen LogP contribution in [0.25, 0.3) is 0 Å². The number of anilines is 2. The number of nitrogen functional groups attached to an aromatic ring is 1. The van der Waals surface area contributed by atoms with Crippen LogP contribution in [-0.4, -0.2) is 24.0 Å². The fourth-order valence-electron chi connectivity index (χ4n) is 1.46. The standard InChI is InChI=1S/C12H18N2O2/c1-9(16)11-5-4-10(8-12(11)13)14-6-2-3-7-15/h4-5,8,14-15H,2-3,6-7,13H2,1H3. The summed E-state index contributed by atoms with van der Waals surface area (Å²) in [5.41, 5.74) is 7.71. The summed E-state index contributed by atoms with van der Waals surface area (Å²) >= 11 is 0. The van der Waals surface area contributed by atoms with Crippen LogP contribution >= 0.6 is 0 Å². The van der Waals surface area contributed by atoms with E-state index in [0.717, 1.165) is 25.1 Å². The molecule has 0 atom stereocenters. The van der Waals surface area contributed by atoms with Gasteiger partial charge in [0.05, 0.1) is 0 Å². The van der Waals surface area contributed by atoms with Crippen molar-refractivity contribution in [3.8, 4) is 0 Å². The van der Waals surface area contributed by atoms with Gasteiger partial charge in [0.15, 0.2) is 5.78 Å². The number of carbonyl (C=O) groups excluding carboxylic acids is 1. The van der Waals surface area contributed by atoms with Crippen LogP contribution in [-0.2, 0) is 0 Å². The lowest BCUT2D eigenvalue weighted by Gasteiger charge is -2.08. The summed E-state index contributed by atoms with van der Waals surface area (Å²) in [6.45, 7) is 2.51. The third kappa shape index (κ3) is 3.55. The molecule has 88 valence electrons. The van der Waals surface area contributed by atoms with Crippen LogP contribution in [0.1, 0.15) is 30.1 Å². The number of aliphatic hydroxyl groups is 1. The Kier molecular flexibility index (Phi) is 4.79. The highest BCUT2D eigenvalue weighted by Crippen LogP contribution is 2.18. The van der Waals surface area contributed by atoms with Crippen molar-refractivity contribution in [3.63, 3.8) is 0 Å². The summed E-state index contributed by atoms with van der Waals surface area (Å²) in [6, 6.07) is 5.33. The normalized spacial score (nSPS) is 10.1. The van der Waals surface area contributed by atoms with Crippen LogP contribution in [0.3, 0.4) is 0 Å². The number of carbonyl (C=O) groups is 1. The molecule has 1 aromatic rings. The molecule has 0 aliphatic heterocycles. The number of nitrogens with two attached hydrogens (primary N) is 1. The molecule has 0 saturated carbocycles. The van der Waals surface area contributed by atoms with E-state index < -0.39 is 0 Å². The number of ketones is 1. The van der Waals surface area contributed by atoms with Crippen molar-refractivity contribution in [2.24, 2.45) is 0 Å². The van der Waals surface area contributed by atoms with Crippen molar-refractivity contribution in [2.75, 3.05) is 24.2 Å². The third-order valence-electron chi connectivity index (χ3n) is 2.34. The van der Waals surface area contributed by atoms with Crippen LogP contribution in [0.15, 0.2) is 18.2 Å². The van der Waals surface area contributed by atoms with Gasteiger partial charge in [-0.2, -0.15) is 0 Å². The molecule has 0 fully saturated rings. The molecule has 4 N–H and O–H groups in total. The lowest BCUT2D eigenvalue weighted by molar-refractivity contribution is 0.101. The molecule has 1 aromatic carbocycles. The molecule has 4 heteroatoms. The van der Waals surface area contributed by atoms with Gasteiger partial charge in [-0.1, -0.05) is 0 Å². The first-order valence-electron chi connectivity index (χ1n) is 5.40. The lowest BCUT2D eigenvalue weighted by atomic mass is 10.1. The van der Waals surface area contributed by atoms with E-state index in [1.807, 2.05) is 6.07 Å². The van der Waals surface area contributed by atoms with Gasteiger partial charge in [-0.3, -0.25) is 4.79 Å². The van der Waals surface area contributed by atoms with Crippen LogP contribution in [0, 0.1) is 0 Å². The molecule has 0 bridgehead atoms. The lowest BCUT2D eigenvalue weighted by Crippen LogP contribution is -2.05. The molecule has 0 unspecified atom stereocenters. The minimum absolute atomic E-state index is 0.0238. The number of unbranched alkanes of at least 4 members (excludes halogenated alkanes) is 1. The van der Waals surface area contributed by atoms with Crippen LogP contribution in [0.5, 0.6) is 0 Å². The van der Waals surface area contributed by atoms with E-state index in [4.69, 9.17) is 10.8 Å². The number of benzene rings is 1. The zero-order valence-electron chi connectivity index (χ0n) is 9.49. The van der Waals surface area contributed by atoms with Gasteiger partial charge >= 0.3 is 0 Å². The van der Waals surface area contributed by atoms with Crippen molar-refractivity contribution in [1.82, 2.24) is 0 Å². The molecule has 0 heterocycles. The molecule has 0 aromatic heterocycles. The van der Waals surface area contributed by atoms with E-state index >= 15 is 0 Å². The van der Waals surface area contributed by atoms with Crippen molar-refractivity contribution in [1.29, 1.82) is 0 Å². The quantitative estimate of drug-likeness (QED) is 0.388. The average Bonchev–Trinajstić information content (AvgIpc) is 2.24. The predicted molar refractivity (Wildman–Crippen MR) is 65.7 cm³/mol. The van der Waals surface area contributed by atoms with Crippen molar-refractivity contribution in [2.45, 2.75) is 19.8 Å². The Labute approximate surface area is 95.5 Å². The highest BCUT2D eigenvalue weighted by atomic mass is 16.2. The molecule has 0 radical (unpaired) electrons. The first-order chi connectivity index (χ1) is 7.65. The largest absolute Gasteiger partial charge is 0.398 e. The summed E-state index contributed by atoms with van der Waals surface area (Å²) in [6.07, 6.45) is 1.69. The first kappa shape index (κ1) is 12.5. The molecule has 1 rings (SSSR count). The van der Waals surface area contributed by atoms with Crippen molar-refractivity contribution in [3.05, 3.63) is 23.8 Å². The maximum atomic E-state index is 11.1. The van der Waals surface area contributed by atoms with Crippen LogP contribution in [0.2, 0.25) is 0 Å². The number of hydrogen-bond donors (Lipinski definition) is 3. The van der Waals surface area contributed by atoms with Crippen LogP contribution in [0.4, 0.5) is 11.4 Å². The summed E-state index contributed by atoms with van der Waals surface area (Å²) in [7, 11) is 0. The smallest absolute Gasteiger partial charge is 0.161 e. The average molecular weight is 222 g/mol. The Bertz CT molecular complexity index is 364. The third-order valence-corrected chi connectivity index (χ3v) is 2.34. The second kappa shape index (κ2) is 6.12. The highest BCUT2D eigenvalue weighted by Gasteiger charge is 2.04. The zero-order chi connectivity index (χ0) is 12.0. The second-order valence-electron chi connectivity index (χ2n) is 3.72. The van der Waals surface area contributed by atoms with E-state index in [9.17, 15) is 4.79 Å². The molecule has 0 amide bonds.